The number of aryl methyl sites for hydroxylation is 1. The fourth-order valence-electron chi connectivity index (χ4n) is 2.86. The Morgan fingerprint density at radius 1 is 0.833 bits per heavy atom. The van der Waals surface area contributed by atoms with Crippen molar-refractivity contribution in [2.45, 2.75) is 0 Å². The van der Waals surface area contributed by atoms with E-state index in [-0.39, 0.29) is 0 Å². The van der Waals surface area contributed by atoms with Gasteiger partial charge in [0.25, 0.3) is 0 Å². The second-order valence-electron chi connectivity index (χ2n) is 5.69. The summed E-state index contributed by atoms with van der Waals surface area (Å²) in [6.45, 7) is 0. The summed E-state index contributed by atoms with van der Waals surface area (Å²) in [4.78, 5) is 9.45. The van der Waals surface area contributed by atoms with E-state index in [1.165, 1.54) is 0 Å². The van der Waals surface area contributed by atoms with E-state index >= 15 is 0 Å². The normalized spacial score (nSPS) is 10.7. The topological polar surface area (TPSA) is 30.2 Å². The third-order valence-electron chi connectivity index (χ3n) is 4.07. The molecule has 2 aromatic carbocycles. The Hall–Kier alpha value is -3.20. The van der Waals surface area contributed by atoms with E-state index in [0.29, 0.717) is 0 Å². The molecule has 0 aliphatic heterocycles. The predicted molar refractivity (Wildman–Crippen MR) is 98.9 cm³/mol. The second-order valence-corrected chi connectivity index (χ2v) is 5.69. The fraction of sp³-hybridized carbons (Fsp3) is 0.0476. The highest BCUT2D eigenvalue weighted by Crippen LogP contribution is 2.26. The number of fused-ring (bicyclic) bond motifs is 1. The van der Waals surface area contributed by atoms with E-state index in [9.17, 15) is 0 Å². The summed E-state index contributed by atoms with van der Waals surface area (Å²) < 4.78 is 2.01. The molecule has 0 fully saturated rings. The number of pyridine rings is 1. The van der Waals surface area contributed by atoms with Crippen LogP contribution < -0.4 is 0 Å². The standard InChI is InChI=1S/C21H17N3/c1-24-15-13-18-19(12-14-22-21(18)24)23-20(16-8-4-2-5-9-16)17-10-6-3-7-11-17/h2-15H,1H3. The van der Waals surface area contributed by atoms with Crippen LogP contribution >= 0.6 is 0 Å². The van der Waals surface area contributed by atoms with Crippen LogP contribution in [0.4, 0.5) is 5.69 Å². The maximum absolute atomic E-state index is 5.00. The molecule has 4 aromatic rings. The molecular formula is C21H17N3. The van der Waals surface area contributed by atoms with Gasteiger partial charge in [0.05, 0.1) is 11.4 Å². The molecule has 24 heavy (non-hydrogen) atoms. The molecule has 0 aliphatic carbocycles. The molecule has 0 amide bonds. The molecule has 2 aromatic heterocycles. The Balaban J connectivity index is 1.94. The number of nitrogens with zero attached hydrogens (tertiary/aromatic N) is 3. The SMILES string of the molecule is Cn1ccc2c(N=C(c3ccccc3)c3ccccc3)ccnc21. The molecule has 0 aliphatic rings. The van der Waals surface area contributed by atoms with Gasteiger partial charge < -0.3 is 4.57 Å². The van der Waals surface area contributed by atoms with Crippen LogP contribution in [0.25, 0.3) is 11.0 Å². The summed E-state index contributed by atoms with van der Waals surface area (Å²) in [5.41, 5.74) is 5.04. The van der Waals surface area contributed by atoms with E-state index in [0.717, 1.165) is 33.6 Å². The monoisotopic (exact) mass is 311 g/mol. The minimum Gasteiger partial charge on any atom is -0.336 e. The van der Waals surface area contributed by atoms with E-state index in [1.807, 2.05) is 66.5 Å². The van der Waals surface area contributed by atoms with Crippen LogP contribution in [-0.2, 0) is 7.05 Å². The summed E-state index contributed by atoms with van der Waals surface area (Å²) in [6.07, 6.45) is 3.83. The maximum Gasteiger partial charge on any atom is 0.141 e. The molecule has 0 saturated carbocycles. The summed E-state index contributed by atoms with van der Waals surface area (Å²) in [5, 5.41) is 1.06. The summed E-state index contributed by atoms with van der Waals surface area (Å²) in [5.74, 6) is 0. The van der Waals surface area contributed by atoms with Crippen molar-refractivity contribution in [2.75, 3.05) is 0 Å². The Morgan fingerprint density at radius 2 is 1.46 bits per heavy atom. The van der Waals surface area contributed by atoms with E-state index < -0.39 is 0 Å². The number of aliphatic imine (C=N–C) groups is 1. The largest absolute Gasteiger partial charge is 0.336 e. The van der Waals surface area contributed by atoms with Crippen LogP contribution in [0, 0.1) is 0 Å². The lowest BCUT2D eigenvalue weighted by atomic mass is 10.0. The molecule has 116 valence electrons. The van der Waals surface area contributed by atoms with Gasteiger partial charge in [-0.1, -0.05) is 60.7 Å². The Labute approximate surface area is 140 Å². The number of aromatic nitrogens is 2. The Bertz CT molecular complexity index is 958. The first-order chi connectivity index (χ1) is 11.8. The van der Waals surface area contributed by atoms with Crippen LogP contribution in [0.15, 0.2) is 90.2 Å². The summed E-state index contributed by atoms with van der Waals surface area (Å²) in [6, 6.07) is 24.6. The van der Waals surface area contributed by atoms with Crippen LogP contribution in [0.2, 0.25) is 0 Å². The highest BCUT2D eigenvalue weighted by atomic mass is 15.0. The van der Waals surface area contributed by atoms with Crippen molar-refractivity contribution in [1.82, 2.24) is 9.55 Å². The molecule has 2 heterocycles. The van der Waals surface area contributed by atoms with Gasteiger partial charge in [-0.2, -0.15) is 0 Å². The average molecular weight is 311 g/mol. The molecule has 0 saturated heterocycles. The van der Waals surface area contributed by atoms with Gasteiger partial charge in [-0.3, -0.25) is 0 Å². The third-order valence-corrected chi connectivity index (χ3v) is 4.07. The van der Waals surface area contributed by atoms with Crippen molar-refractivity contribution in [2.24, 2.45) is 12.0 Å². The van der Waals surface area contributed by atoms with Crippen LogP contribution in [0.1, 0.15) is 11.1 Å². The van der Waals surface area contributed by atoms with Crippen molar-refractivity contribution >= 4 is 22.4 Å². The molecule has 0 radical (unpaired) electrons. The number of hydrogen-bond acceptors (Lipinski definition) is 2. The minimum absolute atomic E-state index is 0.934. The van der Waals surface area contributed by atoms with Crippen molar-refractivity contribution in [1.29, 1.82) is 0 Å². The van der Waals surface area contributed by atoms with Gasteiger partial charge in [0, 0.05) is 36.0 Å². The van der Waals surface area contributed by atoms with Gasteiger partial charge in [0.1, 0.15) is 5.65 Å². The molecular weight excluding hydrogens is 294 g/mol. The number of benzene rings is 2. The minimum atomic E-state index is 0.934. The quantitative estimate of drug-likeness (QED) is 0.502. The maximum atomic E-state index is 5.00. The lowest BCUT2D eigenvalue weighted by molar-refractivity contribution is 0.948. The zero-order chi connectivity index (χ0) is 16.4. The lowest BCUT2D eigenvalue weighted by Crippen LogP contribution is -2.02. The lowest BCUT2D eigenvalue weighted by Gasteiger charge is -2.08. The van der Waals surface area contributed by atoms with Crippen LogP contribution in [0.5, 0.6) is 0 Å². The summed E-state index contributed by atoms with van der Waals surface area (Å²) in [7, 11) is 2.00. The van der Waals surface area contributed by atoms with Gasteiger partial charge in [-0.05, 0) is 12.1 Å². The smallest absolute Gasteiger partial charge is 0.141 e. The van der Waals surface area contributed by atoms with E-state index in [1.54, 1.807) is 0 Å². The summed E-state index contributed by atoms with van der Waals surface area (Å²) >= 11 is 0. The van der Waals surface area contributed by atoms with Crippen LogP contribution in [-0.4, -0.2) is 15.3 Å². The van der Waals surface area contributed by atoms with Gasteiger partial charge >= 0.3 is 0 Å². The molecule has 0 bridgehead atoms. The highest BCUT2D eigenvalue weighted by molar-refractivity contribution is 6.14. The molecule has 3 nitrogen and oxygen atoms in total. The first kappa shape index (κ1) is 14.4. The molecule has 4 rings (SSSR count). The average Bonchev–Trinajstić information content (AvgIpc) is 3.03. The first-order valence-electron chi connectivity index (χ1n) is 7.92. The van der Waals surface area contributed by atoms with Gasteiger partial charge in [-0.25, -0.2) is 9.98 Å². The second kappa shape index (κ2) is 6.13. The zero-order valence-electron chi connectivity index (χ0n) is 13.4. The molecule has 0 atom stereocenters. The molecule has 0 N–H and O–H groups in total. The number of hydrogen-bond donors (Lipinski definition) is 0. The predicted octanol–water partition coefficient (Wildman–Crippen LogP) is 4.74. The van der Waals surface area contributed by atoms with Crippen molar-refractivity contribution in [3.63, 3.8) is 0 Å². The molecule has 0 unspecified atom stereocenters. The van der Waals surface area contributed by atoms with E-state index in [4.69, 9.17) is 4.99 Å². The van der Waals surface area contributed by atoms with Crippen molar-refractivity contribution in [3.05, 3.63) is 96.3 Å². The zero-order valence-corrected chi connectivity index (χ0v) is 13.4. The molecule has 0 spiro atoms. The van der Waals surface area contributed by atoms with Gasteiger partial charge in [0.15, 0.2) is 0 Å². The van der Waals surface area contributed by atoms with Gasteiger partial charge in [0.2, 0.25) is 0 Å². The highest BCUT2D eigenvalue weighted by Gasteiger charge is 2.09. The van der Waals surface area contributed by atoms with Gasteiger partial charge in [-0.15, -0.1) is 0 Å². The van der Waals surface area contributed by atoms with Crippen LogP contribution in [0.3, 0.4) is 0 Å². The van der Waals surface area contributed by atoms with E-state index in [2.05, 4.69) is 35.3 Å². The third kappa shape index (κ3) is 2.61. The molecule has 3 heteroatoms. The van der Waals surface area contributed by atoms with Crippen molar-refractivity contribution < 1.29 is 0 Å². The Kier molecular flexibility index (Phi) is 3.67. The first-order valence-corrected chi connectivity index (χ1v) is 7.92. The number of rotatable bonds is 3. The van der Waals surface area contributed by atoms with Crippen molar-refractivity contribution in [3.8, 4) is 0 Å². The Morgan fingerprint density at radius 3 is 2.08 bits per heavy atom. The fourth-order valence-corrected chi connectivity index (χ4v) is 2.86.